The Balaban J connectivity index is 2.39. The van der Waals surface area contributed by atoms with Gasteiger partial charge in [0, 0.05) is 11.6 Å². The number of rotatable bonds is 6. The van der Waals surface area contributed by atoms with Gasteiger partial charge in [0.25, 0.3) is 5.91 Å². The Bertz CT molecular complexity index is 745. The molecule has 1 N–H and O–H groups in total. The fraction of sp³-hybridized carbons (Fsp3) is 0.353. The van der Waals surface area contributed by atoms with Gasteiger partial charge in [0.1, 0.15) is 21.9 Å². The monoisotopic (exact) mass is 381 g/mol. The third kappa shape index (κ3) is 3.96. The molecule has 1 aliphatic rings. The SMILES string of the molecule is COc1ccc(/C=C2/SC(=S)N([C@@H](C(=O)O)C(C)C)C2=O)c(OC)c1. The second-order valence-electron chi connectivity index (χ2n) is 5.69. The lowest BCUT2D eigenvalue weighted by Gasteiger charge is -2.26. The van der Waals surface area contributed by atoms with Crippen molar-refractivity contribution >= 4 is 46.3 Å². The largest absolute Gasteiger partial charge is 0.497 e. The van der Waals surface area contributed by atoms with E-state index in [4.69, 9.17) is 21.7 Å². The van der Waals surface area contributed by atoms with Crippen LogP contribution in [0.15, 0.2) is 23.1 Å². The molecule has 1 aromatic rings. The number of thiocarbonyl (C=S) groups is 1. The molecule has 0 saturated carbocycles. The zero-order valence-corrected chi connectivity index (χ0v) is 15.9. The standard InChI is InChI=1S/C17H19NO5S2/c1-9(2)14(16(20)21)18-15(19)13(25-17(18)24)7-10-5-6-11(22-3)8-12(10)23-4/h5-9,14H,1-4H3,(H,20,21)/b13-7+/t14-/m1/s1. The zero-order valence-electron chi connectivity index (χ0n) is 14.3. The number of ether oxygens (including phenoxy) is 2. The first-order valence-corrected chi connectivity index (χ1v) is 8.74. The molecule has 0 bridgehead atoms. The van der Waals surface area contributed by atoms with Crippen molar-refractivity contribution in [3.8, 4) is 11.5 Å². The maximum absolute atomic E-state index is 12.7. The number of carboxylic acids is 1. The van der Waals surface area contributed by atoms with Gasteiger partial charge >= 0.3 is 5.97 Å². The average molecular weight is 381 g/mol. The summed E-state index contributed by atoms with van der Waals surface area (Å²) in [5, 5.41) is 9.44. The second kappa shape index (κ2) is 7.88. The van der Waals surface area contributed by atoms with E-state index in [1.54, 1.807) is 45.2 Å². The van der Waals surface area contributed by atoms with Crippen LogP contribution in [0.4, 0.5) is 0 Å². The molecule has 1 saturated heterocycles. The minimum atomic E-state index is -1.07. The zero-order chi connectivity index (χ0) is 18.7. The normalized spacial score (nSPS) is 17.3. The van der Waals surface area contributed by atoms with E-state index in [1.807, 2.05) is 0 Å². The van der Waals surface area contributed by atoms with E-state index in [9.17, 15) is 14.7 Å². The minimum Gasteiger partial charge on any atom is -0.497 e. The molecule has 1 aliphatic heterocycles. The molecule has 0 radical (unpaired) electrons. The molecule has 0 spiro atoms. The lowest BCUT2D eigenvalue weighted by atomic mass is 10.0. The smallest absolute Gasteiger partial charge is 0.327 e. The predicted octanol–water partition coefficient (Wildman–Crippen LogP) is 3.01. The van der Waals surface area contributed by atoms with Crippen LogP contribution in [0.5, 0.6) is 11.5 Å². The number of hydrogen-bond acceptors (Lipinski definition) is 6. The highest BCUT2D eigenvalue weighted by atomic mass is 32.2. The Kier molecular flexibility index (Phi) is 6.07. The molecular weight excluding hydrogens is 362 g/mol. The quantitative estimate of drug-likeness (QED) is 0.599. The number of methoxy groups -OCH3 is 2. The summed E-state index contributed by atoms with van der Waals surface area (Å²) in [5.41, 5.74) is 0.681. The van der Waals surface area contributed by atoms with Gasteiger partial charge in [-0.1, -0.05) is 37.8 Å². The minimum absolute atomic E-state index is 0.241. The Morgan fingerprint density at radius 2 is 2.00 bits per heavy atom. The van der Waals surface area contributed by atoms with Crippen LogP contribution in [-0.2, 0) is 9.59 Å². The van der Waals surface area contributed by atoms with Crippen molar-refractivity contribution in [2.24, 2.45) is 5.92 Å². The molecule has 0 aromatic heterocycles. The lowest BCUT2D eigenvalue weighted by molar-refractivity contribution is -0.146. The summed E-state index contributed by atoms with van der Waals surface area (Å²) in [6.07, 6.45) is 1.65. The number of carbonyl (C=O) groups excluding carboxylic acids is 1. The van der Waals surface area contributed by atoms with E-state index in [-0.39, 0.29) is 10.2 Å². The number of thioether (sulfide) groups is 1. The van der Waals surface area contributed by atoms with Gasteiger partial charge in [0.2, 0.25) is 0 Å². The van der Waals surface area contributed by atoms with Gasteiger partial charge in [-0.05, 0) is 24.1 Å². The number of aliphatic carboxylic acids is 1. The maximum atomic E-state index is 12.7. The average Bonchev–Trinajstić information content (AvgIpc) is 2.82. The Labute approximate surface area is 155 Å². The fourth-order valence-electron chi connectivity index (χ4n) is 2.49. The first kappa shape index (κ1) is 19.3. The van der Waals surface area contributed by atoms with Crippen molar-refractivity contribution in [3.63, 3.8) is 0 Å². The van der Waals surface area contributed by atoms with E-state index < -0.39 is 17.9 Å². The summed E-state index contributed by atoms with van der Waals surface area (Å²) in [6, 6.07) is 4.24. The molecule has 8 heteroatoms. The summed E-state index contributed by atoms with van der Waals surface area (Å²) < 4.78 is 10.7. The van der Waals surface area contributed by atoms with Crippen LogP contribution >= 0.6 is 24.0 Å². The summed E-state index contributed by atoms with van der Waals surface area (Å²) in [7, 11) is 3.08. The van der Waals surface area contributed by atoms with Crippen molar-refractivity contribution in [2.45, 2.75) is 19.9 Å². The van der Waals surface area contributed by atoms with Gasteiger partial charge in [0.15, 0.2) is 0 Å². The van der Waals surface area contributed by atoms with Crippen molar-refractivity contribution in [3.05, 3.63) is 28.7 Å². The molecule has 1 fully saturated rings. The van der Waals surface area contributed by atoms with Gasteiger partial charge in [-0.25, -0.2) is 4.79 Å². The molecule has 0 unspecified atom stereocenters. The van der Waals surface area contributed by atoms with Crippen molar-refractivity contribution in [2.75, 3.05) is 14.2 Å². The molecule has 0 aliphatic carbocycles. The van der Waals surface area contributed by atoms with Crippen LogP contribution in [-0.4, -0.2) is 46.5 Å². The Morgan fingerprint density at radius 1 is 1.32 bits per heavy atom. The molecule has 1 heterocycles. The van der Waals surface area contributed by atoms with Crippen molar-refractivity contribution < 1.29 is 24.2 Å². The van der Waals surface area contributed by atoms with Crippen LogP contribution in [0.1, 0.15) is 19.4 Å². The van der Waals surface area contributed by atoms with Gasteiger partial charge in [-0.2, -0.15) is 0 Å². The Morgan fingerprint density at radius 3 is 2.52 bits per heavy atom. The van der Waals surface area contributed by atoms with Crippen LogP contribution in [0.2, 0.25) is 0 Å². The molecule has 25 heavy (non-hydrogen) atoms. The van der Waals surface area contributed by atoms with E-state index in [0.717, 1.165) is 11.8 Å². The van der Waals surface area contributed by atoms with E-state index in [0.29, 0.717) is 22.0 Å². The first-order valence-electron chi connectivity index (χ1n) is 7.52. The van der Waals surface area contributed by atoms with Crippen LogP contribution in [0.3, 0.4) is 0 Å². The van der Waals surface area contributed by atoms with Gasteiger partial charge < -0.3 is 14.6 Å². The van der Waals surface area contributed by atoms with Crippen LogP contribution in [0.25, 0.3) is 6.08 Å². The number of hydrogen-bond donors (Lipinski definition) is 1. The molecule has 1 aromatic carbocycles. The topological polar surface area (TPSA) is 76.1 Å². The predicted molar refractivity (Wildman–Crippen MR) is 101 cm³/mol. The summed E-state index contributed by atoms with van der Waals surface area (Å²) in [4.78, 5) is 25.8. The van der Waals surface area contributed by atoms with E-state index in [1.165, 1.54) is 12.0 Å². The van der Waals surface area contributed by atoms with Crippen LogP contribution in [0, 0.1) is 5.92 Å². The number of amides is 1. The number of nitrogens with zero attached hydrogens (tertiary/aromatic N) is 1. The number of carbonyl (C=O) groups is 2. The third-order valence-electron chi connectivity index (χ3n) is 3.71. The first-order chi connectivity index (χ1) is 11.8. The van der Waals surface area contributed by atoms with Crippen LogP contribution < -0.4 is 9.47 Å². The van der Waals surface area contributed by atoms with E-state index in [2.05, 4.69) is 0 Å². The summed E-state index contributed by atoms with van der Waals surface area (Å²) >= 11 is 6.33. The van der Waals surface area contributed by atoms with Gasteiger partial charge in [-0.15, -0.1) is 0 Å². The second-order valence-corrected chi connectivity index (χ2v) is 7.36. The summed E-state index contributed by atoms with van der Waals surface area (Å²) in [5.74, 6) is -0.575. The van der Waals surface area contributed by atoms with Gasteiger partial charge in [-0.3, -0.25) is 9.69 Å². The molecule has 1 amide bonds. The lowest BCUT2D eigenvalue weighted by Crippen LogP contribution is -2.47. The number of benzene rings is 1. The fourth-order valence-corrected chi connectivity index (χ4v) is 3.81. The van der Waals surface area contributed by atoms with Crippen molar-refractivity contribution in [1.29, 1.82) is 0 Å². The highest BCUT2D eigenvalue weighted by Gasteiger charge is 2.41. The molecule has 2 rings (SSSR count). The molecular formula is C17H19NO5S2. The summed E-state index contributed by atoms with van der Waals surface area (Å²) in [6.45, 7) is 3.49. The third-order valence-corrected chi connectivity index (χ3v) is 5.04. The highest BCUT2D eigenvalue weighted by Crippen LogP contribution is 2.37. The molecule has 134 valence electrons. The molecule has 1 atom stereocenters. The highest BCUT2D eigenvalue weighted by molar-refractivity contribution is 8.26. The Hall–Kier alpha value is -2.06. The van der Waals surface area contributed by atoms with Gasteiger partial charge in [0.05, 0.1) is 19.1 Å². The maximum Gasteiger partial charge on any atom is 0.327 e. The van der Waals surface area contributed by atoms with Crippen molar-refractivity contribution in [1.82, 2.24) is 4.90 Å². The number of carboxylic acid groups (broad SMARTS) is 1. The van der Waals surface area contributed by atoms with E-state index >= 15 is 0 Å². The molecule has 6 nitrogen and oxygen atoms in total.